The van der Waals surface area contributed by atoms with Crippen LogP contribution in [-0.2, 0) is 4.74 Å². The summed E-state index contributed by atoms with van der Waals surface area (Å²) in [6.07, 6.45) is 0. The lowest BCUT2D eigenvalue weighted by Crippen LogP contribution is -2.07. The van der Waals surface area contributed by atoms with Gasteiger partial charge in [0.25, 0.3) is 0 Å². The van der Waals surface area contributed by atoms with Gasteiger partial charge in [0.05, 0.1) is 24.2 Å². The summed E-state index contributed by atoms with van der Waals surface area (Å²) in [6, 6.07) is 5.25. The fraction of sp³-hybridized carbons (Fsp3) is 0.231. The summed E-state index contributed by atoms with van der Waals surface area (Å²) in [5.74, 6) is 0.107. The first-order valence-corrected chi connectivity index (χ1v) is 7.12. The molecule has 0 saturated heterocycles. The van der Waals surface area contributed by atoms with Gasteiger partial charge in [-0.15, -0.1) is 11.3 Å². The summed E-state index contributed by atoms with van der Waals surface area (Å²) in [5.41, 5.74) is 2.61. The maximum absolute atomic E-state index is 11.7. The van der Waals surface area contributed by atoms with Gasteiger partial charge < -0.3 is 14.8 Å². The third kappa shape index (κ3) is 3.20. The molecule has 1 N–H and O–H groups in total. The van der Waals surface area contributed by atoms with Crippen molar-refractivity contribution in [1.82, 2.24) is 4.98 Å². The molecule has 0 aliphatic carbocycles. The normalized spacial score (nSPS) is 10.2. The monoisotopic (exact) mass is 312 g/mol. The van der Waals surface area contributed by atoms with Crippen molar-refractivity contribution in [2.75, 3.05) is 19.0 Å². The smallest absolute Gasteiger partial charge is 0.360 e. The number of hydrogen-bond donors (Lipinski definition) is 1. The average molecular weight is 313 g/mol. The van der Waals surface area contributed by atoms with E-state index in [-0.39, 0.29) is 5.69 Å². The van der Waals surface area contributed by atoms with Crippen molar-refractivity contribution < 1.29 is 14.3 Å². The van der Waals surface area contributed by atoms with Crippen molar-refractivity contribution in [2.45, 2.75) is 6.92 Å². The first kappa shape index (κ1) is 14.6. The predicted octanol–water partition coefficient (Wildman–Crippen LogP) is 3.73. The second-order valence-corrected chi connectivity index (χ2v) is 4.99. The summed E-state index contributed by atoms with van der Waals surface area (Å²) < 4.78 is 10.1. The van der Waals surface area contributed by atoms with Crippen LogP contribution in [0.3, 0.4) is 0 Å². The number of aromatic nitrogens is 1. The van der Waals surface area contributed by atoms with Crippen LogP contribution in [-0.4, -0.2) is 24.7 Å². The Labute approximate surface area is 125 Å². The van der Waals surface area contributed by atoms with Crippen molar-refractivity contribution in [1.29, 1.82) is 0 Å². The fourth-order valence-corrected chi connectivity index (χ4v) is 2.43. The first-order valence-electron chi connectivity index (χ1n) is 5.87. The summed E-state index contributed by atoms with van der Waals surface area (Å²) in [5, 5.41) is 4.25. The van der Waals surface area contributed by atoms with E-state index in [2.05, 4.69) is 10.3 Å². The van der Waals surface area contributed by atoms with Crippen LogP contribution in [0.4, 0.5) is 10.7 Å². The second-order valence-electron chi connectivity index (χ2n) is 3.72. The molecule has 2 rings (SSSR count). The Balaban J connectivity index is 2.22. The fourth-order valence-electron chi connectivity index (χ4n) is 1.55. The zero-order chi connectivity index (χ0) is 14.5. The lowest BCUT2D eigenvalue weighted by molar-refractivity contribution is 0.0521. The Morgan fingerprint density at radius 1 is 1.50 bits per heavy atom. The number of nitrogens with zero attached hydrogens (tertiary/aromatic N) is 1. The van der Waals surface area contributed by atoms with Gasteiger partial charge in [-0.3, -0.25) is 0 Å². The Morgan fingerprint density at radius 3 is 3.00 bits per heavy atom. The quantitative estimate of drug-likeness (QED) is 0.852. The molecule has 1 aromatic heterocycles. The molecule has 0 bridgehead atoms. The molecule has 0 fully saturated rings. The molecule has 0 aliphatic heterocycles. The number of nitrogens with one attached hydrogen (secondary N) is 1. The summed E-state index contributed by atoms with van der Waals surface area (Å²) >= 11 is 7.28. The molecule has 0 atom stereocenters. The van der Waals surface area contributed by atoms with Crippen LogP contribution in [0, 0.1) is 0 Å². The van der Waals surface area contributed by atoms with Crippen LogP contribution in [0.2, 0.25) is 5.02 Å². The first-order chi connectivity index (χ1) is 9.65. The lowest BCUT2D eigenvalue weighted by Gasteiger charge is -2.08. The topological polar surface area (TPSA) is 60.5 Å². The molecule has 106 valence electrons. The summed E-state index contributed by atoms with van der Waals surface area (Å²) in [7, 11) is 1.54. The molecular formula is C13H13ClN2O3S. The number of ether oxygens (including phenoxy) is 2. The molecule has 2 aromatic rings. The van der Waals surface area contributed by atoms with Crippen molar-refractivity contribution in [3.63, 3.8) is 0 Å². The molecular weight excluding hydrogens is 300 g/mol. The van der Waals surface area contributed by atoms with Crippen LogP contribution in [0.1, 0.15) is 17.4 Å². The molecule has 0 aliphatic rings. The highest BCUT2D eigenvalue weighted by Gasteiger charge is 2.16. The van der Waals surface area contributed by atoms with Crippen LogP contribution in [0.25, 0.3) is 0 Å². The Morgan fingerprint density at radius 2 is 2.30 bits per heavy atom. The SMILES string of the molecule is CCOC(=O)c1ncsc1Nc1ccc(Cl)c(OC)c1. The molecule has 0 spiro atoms. The molecule has 7 heteroatoms. The van der Waals surface area contributed by atoms with Gasteiger partial charge in [-0.2, -0.15) is 0 Å². The van der Waals surface area contributed by atoms with Gasteiger partial charge in [-0.05, 0) is 19.1 Å². The van der Waals surface area contributed by atoms with E-state index in [4.69, 9.17) is 21.1 Å². The maximum Gasteiger partial charge on any atom is 0.360 e. The molecule has 5 nitrogen and oxygen atoms in total. The van der Waals surface area contributed by atoms with E-state index in [1.807, 2.05) is 0 Å². The average Bonchev–Trinajstić information content (AvgIpc) is 2.89. The maximum atomic E-state index is 11.7. The number of methoxy groups -OCH3 is 1. The highest BCUT2D eigenvalue weighted by Crippen LogP contribution is 2.31. The van der Waals surface area contributed by atoms with E-state index in [9.17, 15) is 4.79 Å². The number of esters is 1. The minimum atomic E-state index is -0.447. The minimum Gasteiger partial charge on any atom is -0.495 e. The Hall–Kier alpha value is -1.79. The van der Waals surface area contributed by atoms with Gasteiger partial charge in [0.1, 0.15) is 10.8 Å². The summed E-state index contributed by atoms with van der Waals surface area (Å²) in [4.78, 5) is 15.7. The number of carbonyl (C=O) groups is 1. The van der Waals surface area contributed by atoms with E-state index < -0.39 is 5.97 Å². The Bertz CT molecular complexity index is 615. The second kappa shape index (κ2) is 6.58. The van der Waals surface area contributed by atoms with Gasteiger partial charge in [0.15, 0.2) is 5.69 Å². The third-order valence-electron chi connectivity index (χ3n) is 2.45. The van der Waals surface area contributed by atoms with E-state index in [0.717, 1.165) is 5.69 Å². The zero-order valence-electron chi connectivity index (χ0n) is 11.0. The Kier molecular flexibility index (Phi) is 4.81. The molecule has 1 aromatic carbocycles. The third-order valence-corrected chi connectivity index (χ3v) is 3.50. The van der Waals surface area contributed by atoms with E-state index >= 15 is 0 Å². The standard InChI is InChI=1S/C13H13ClN2O3S/c1-3-19-13(17)11-12(20-7-15-11)16-8-4-5-9(14)10(6-8)18-2/h4-7,16H,3H2,1-2H3. The molecule has 20 heavy (non-hydrogen) atoms. The van der Waals surface area contributed by atoms with Crippen molar-refractivity contribution in [3.05, 3.63) is 34.4 Å². The van der Waals surface area contributed by atoms with Gasteiger partial charge in [-0.25, -0.2) is 9.78 Å². The van der Waals surface area contributed by atoms with Crippen LogP contribution < -0.4 is 10.1 Å². The summed E-state index contributed by atoms with van der Waals surface area (Å²) in [6.45, 7) is 2.06. The number of thiazole rings is 1. The predicted molar refractivity (Wildman–Crippen MR) is 79.4 cm³/mol. The van der Waals surface area contributed by atoms with E-state index in [1.54, 1.807) is 37.7 Å². The van der Waals surface area contributed by atoms with Crippen molar-refractivity contribution in [2.24, 2.45) is 0 Å². The van der Waals surface area contributed by atoms with Gasteiger partial charge >= 0.3 is 5.97 Å². The lowest BCUT2D eigenvalue weighted by atomic mass is 10.3. The molecule has 0 amide bonds. The number of halogens is 1. The van der Waals surface area contributed by atoms with Gasteiger partial charge in [-0.1, -0.05) is 11.6 Å². The highest BCUT2D eigenvalue weighted by atomic mass is 35.5. The van der Waals surface area contributed by atoms with Crippen LogP contribution >= 0.6 is 22.9 Å². The molecule has 0 unspecified atom stereocenters. The van der Waals surface area contributed by atoms with Gasteiger partial charge in [0, 0.05) is 11.8 Å². The van der Waals surface area contributed by atoms with Crippen LogP contribution in [0.5, 0.6) is 5.75 Å². The van der Waals surface area contributed by atoms with Crippen LogP contribution in [0.15, 0.2) is 23.7 Å². The molecule has 0 saturated carbocycles. The number of rotatable bonds is 5. The largest absolute Gasteiger partial charge is 0.495 e. The number of carbonyl (C=O) groups excluding carboxylic acids is 1. The van der Waals surface area contributed by atoms with E-state index in [1.165, 1.54) is 11.3 Å². The van der Waals surface area contributed by atoms with E-state index in [0.29, 0.717) is 22.4 Å². The van der Waals surface area contributed by atoms with Crippen molar-refractivity contribution in [3.8, 4) is 5.75 Å². The zero-order valence-corrected chi connectivity index (χ0v) is 12.5. The highest BCUT2D eigenvalue weighted by molar-refractivity contribution is 7.14. The van der Waals surface area contributed by atoms with Crippen molar-refractivity contribution >= 4 is 39.6 Å². The molecule has 1 heterocycles. The number of benzene rings is 1. The van der Waals surface area contributed by atoms with Gasteiger partial charge in [0.2, 0.25) is 0 Å². The minimum absolute atomic E-state index is 0.269. The molecule has 0 radical (unpaired) electrons. The number of hydrogen-bond acceptors (Lipinski definition) is 6. The number of anilines is 2.